The van der Waals surface area contributed by atoms with E-state index in [1.165, 1.54) is 32.2 Å². The summed E-state index contributed by atoms with van der Waals surface area (Å²) in [6.45, 7) is 5.53. The molecule has 2 aliphatic rings. The van der Waals surface area contributed by atoms with Crippen LogP contribution in [0.3, 0.4) is 0 Å². The summed E-state index contributed by atoms with van der Waals surface area (Å²) in [7, 11) is 1.86. The van der Waals surface area contributed by atoms with Crippen molar-refractivity contribution in [3.05, 3.63) is 11.8 Å². The summed E-state index contributed by atoms with van der Waals surface area (Å²) in [6.07, 6.45) is 8.61. The monoisotopic (exact) mass is 333 g/mol. The quantitative estimate of drug-likeness (QED) is 0.871. The third-order valence-corrected chi connectivity index (χ3v) is 5.45. The molecule has 6 nitrogen and oxygen atoms in total. The molecule has 1 aliphatic heterocycles. The number of aryl methyl sites for hydroxylation is 2. The third-order valence-electron chi connectivity index (χ3n) is 5.45. The van der Waals surface area contributed by atoms with Gasteiger partial charge in [-0.25, -0.2) is 4.79 Å². The molecule has 1 saturated heterocycles. The number of nitrogens with one attached hydrogen (secondary N) is 2. The van der Waals surface area contributed by atoms with Gasteiger partial charge in [0, 0.05) is 38.8 Å². The standard InChI is InChI=1S/C18H31N5O/c1-3-15-12-17(22(2)21-15)20-18(24)19-16-8-10-23(11-9-16)13-14-6-4-5-7-14/h12,14,16H,3-11,13H2,1-2H3,(H2,19,20,24). The van der Waals surface area contributed by atoms with E-state index in [1.54, 1.807) is 4.68 Å². The first-order valence-electron chi connectivity index (χ1n) is 9.47. The Hall–Kier alpha value is -1.56. The van der Waals surface area contributed by atoms with Crippen LogP contribution in [0.4, 0.5) is 10.6 Å². The second kappa shape index (κ2) is 8.01. The summed E-state index contributed by atoms with van der Waals surface area (Å²) in [5.74, 6) is 1.67. The minimum absolute atomic E-state index is 0.116. The number of hydrogen-bond donors (Lipinski definition) is 2. The molecule has 1 aliphatic carbocycles. The van der Waals surface area contributed by atoms with Crippen molar-refractivity contribution < 1.29 is 4.79 Å². The summed E-state index contributed by atoms with van der Waals surface area (Å²) in [6, 6.07) is 2.10. The number of urea groups is 1. The van der Waals surface area contributed by atoms with Gasteiger partial charge in [0.25, 0.3) is 0 Å². The summed E-state index contributed by atoms with van der Waals surface area (Å²) in [5, 5.41) is 10.4. The van der Waals surface area contributed by atoms with E-state index in [0.29, 0.717) is 0 Å². The van der Waals surface area contributed by atoms with Gasteiger partial charge in [0.2, 0.25) is 0 Å². The zero-order chi connectivity index (χ0) is 16.9. The Morgan fingerprint density at radius 1 is 1.25 bits per heavy atom. The smallest absolute Gasteiger partial charge is 0.320 e. The molecular weight excluding hydrogens is 302 g/mol. The van der Waals surface area contributed by atoms with Crippen LogP contribution in [0, 0.1) is 5.92 Å². The summed E-state index contributed by atoms with van der Waals surface area (Å²) >= 11 is 0. The Bertz CT molecular complexity index is 542. The first-order valence-corrected chi connectivity index (χ1v) is 9.47. The van der Waals surface area contributed by atoms with Crippen molar-refractivity contribution >= 4 is 11.8 Å². The van der Waals surface area contributed by atoms with E-state index in [9.17, 15) is 4.79 Å². The van der Waals surface area contributed by atoms with Crippen molar-refractivity contribution in [2.45, 2.75) is 57.9 Å². The fourth-order valence-corrected chi connectivity index (χ4v) is 3.97. The van der Waals surface area contributed by atoms with Crippen LogP contribution in [0.2, 0.25) is 0 Å². The topological polar surface area (TPSA) is 62.2 Å². The van der Waals surface area contributed by atoms with Crippen LogP contribution in [-0.4, -0.2) is 46.4 Å². The Morgan fingerprint density at radius 3 is 2.58 bits per heavy atom. The van der Waals surface area contributed by atoms with Gasteiger partial charge in [-0.1, -0.05) is 19.8 Å². The van der Waals surface area contributed by atoms with Gasteiger partial charge in [0.15, 0.2) is 0 Å². The first kappa shape index (κ1) is 17.3. The van der Waals surface area contributed by atoms with Gasteiger partial charge in [-0.2, -0.15) is 5.10 Å². The number of aromatic nitrogens is 2. The second-order valence-corrected chi connectivity index (χ2v) is 7.32. The predicted molar refractivity (Wildman–Crippen MR) is 96.2 cm³/mol. The number of likely N-dealkylation sites (tertiary alicyclic amines) is 1. The molecule has 2 heterocycles. The Labute approximate surface area is 145 Å². The molecule has 0 unspecified atom stereocenters. The molecular formula is C18H31N5O. The van der Waals surface area contributed by atoms with E-state index in [2.05, 4.69) is 27.6 Å². The zero-order valence-corrected chi connectivity index (χ0v) is 15.1. The lowest BCUT2D eigenvalue weighted by Gasteiger charge is -2.33. The molecule has 2 fully saturated rings. The van der Waals surface area contributed by atoms with E-state index in [-0.39, 0.29) is 12.1 Å². The molecule has 2 N–H and O–H groups in total. The molecule has 1 saturated carbocycles. The normalized spacial score (nSPS) is 20.4. The summed E-state index contributed by atoms with van der Waals surface area (Å²) in [5.41, 5.74) is 0.994. The number of carbonyl (C=O) groups excluding carboxylic acids is 1. The number of hydrogen-bond acceptors (Lipinski definition) is 3. The SMILES string of the molecule is CCc1cc(NC(=O)NC2CCN(CC3CCCC3)CC2)n(C)n1. The minimum Gasteiger partial charge on any atom is -0.335 e. The van der Waals surface area contributed by atoms with Crippen molar-refractivity contribution in [1.29, 1.82) is 0 Å². The fraction of sp³-hybridized carbons (Fsp3) is 0.778. The van der Waals surface area contributed by atoms with E-state index in [0.717, 1.165) is 49.8 Å². The lowest BCUT2D eigenvalue weighted by Crippen LogP contribution is -2.46. The molecule has 6 heteroatoms. The average molecular weight is 333 g/mol. The van der Waals surface area contributed by atoms with Gasteiger partial charge < -0.3 is 10.2 Å². The van der Waals surface area contributed by atoms with Gasteiger partial charge in [0.05, 0.1) is 5.69 Å². The van der Waals surface area contributed by atoms with Crippen LogP contribution < -0.4 is 10.6 Å². The number of rotatable bonds is 5. The summed E-state index contributed by atoms with van der Waals surface area (Å²) < 4.78 is 1.72. The van der Waals surface area contributed by atoms with Gasteiger partial charge in [0.1, 0.15) is 5.82 Å². The highest BCUT2D eigenvalue weighted by Gasteiger charge is 2.24. The summed E-state index contributed by atoms with van der Waals surface area (Å²) in [4.78, 5) is 14.8. The maximum atomic E-state index is 12.2. The molecule has 0 bridgehead atoms. The Balaban J connectivity index is 1.40. The van der Waals surface area contributed by atoms with Crippen LogP contribution in [0.1, 0.15) is 51.1 Å². The lowest BCUT2D eigenvalue weighted by molar-refractivity contribution is 0.173. The van der Waals surface area contributed by atoms with Gasteiger partial charge in [-0.15, -0.1) is 0 Å². The number of piperidine rings is 1. The number of anilines is 1. The van der Waals surface area contributed by atoms with Crippen LogP contribution in [-0.2, 0) is 13.5 Å². The molecule has 2 amide bonds. The van der Waals surface area contributed by atoms with E-state index in [4.69, 9.17) is 0 Å². The molecule has 24 heavy (non-hydrogen) atoms. The number of carbonyl (C=O) groups is 1. The van der Waals surface area contributed by atoms with E-state index >= 15 is 0 Å². The van der Waals surface area contributed by atoms with Crippen LogP contribution in [0.5, 0.6) is 0 Å². The highest BCUT2D eigenvalue weighted by molar-refractivity contribution is 5.88. The highest BCUT2D eigenvalue weighted by Crippen LogP contribution is 2.26. The first-order chi connectivity index (χ1) is 11.6. The maximum absolute atomic E-state index is 12.2. The van der Waals surface area contributed by atoms with Crippen molar-refractivity contribution in [2.24, 2.45) is 13.0 Å². The second-order valence-electron chi connectivity index (χ2n) is 7.32. The third kappa shape index (κ3) is 4.50. The van der Waals surface area contributed by atoms with Crippen LogP contribution >= 0.6 is 0 Å². The number of nitrogens with zero attached hydrogens (tertiary/aromatic N) is 3. The fourth-order valence-electron chi connectivity index (χ4n) is 3.97. The zero-order valence-electron chi connectivity index (χ0n) is 15.1. The van der Waals surface area contributed by atoms with Gasteiger partial charge in [-0.3, -0.25) is 10.00 Å². The Morgan fingerprint density at radius 2 is 1.96 bits per heavy atom. The van der Waals surface area contributed by atoms with Gasteiger partial charge >= 0.3 is 6.03 Å². The molecule has 0 atom stereocenters. The van der Waals surface area contributed by atoms with Crippen LogP contribution in [0.25, 0.3) is 0 Å². The molecule has 0 spiro atoms. The van der Waals surface area contributed by atoms with Gasteiger partial charge in [-0.05, 0) is 38.0 Å². The molecule has 134 valence electrons. The molecule has 1 aromatic heterocycles. The molecule has 3 rings (SSSR count). The lowest BCUT2D eigenvalue weighted by atomic mass is 10.0. The van der Waals surface area contributed by atoms with Crippen molar-refractivity contribution in [3.8, 4) is 0 Å². The Kier molecular flexibility index (Phi) is 5.76. The van der Waals surface area contributed by atoms with Crippen molar-refractivity contribution in [1.82, 2.24) is 20.0 Å². The van der Waals surface area contributed by atoms with E-state index < -0.39 is 0 Å². The largest absolute Gasteiger partial charge is 0.335 e. The molecule has 1 aromatic rings. The average Bonchev–Trinajstić information content (AvgIpc) is 3.19. The number of amides is 2. The minimum atomic E-state index is -0.116. The van der Waals surface area contributed by atoms with Crippen LogP contribution in [0.15, 0.2) is 6.07 Å². The molecule has 0 radical (unpaired) electrons. The van der Waals surface area contributed by atoms with Crippen molar-refractivity contribution in [3.63, 3.8) is 0 Å². The van der Waals surface area contributed by atoms with Crippen molar-refractivity contribution in [2.75, 3.05) is 25.0 Å². The predicted octanol–water partition coefficient (Wildman–Crippen LogP) is 2.76. The highest BCUT2D eigenvalue weighted by atomic mass is 16.2. The van der Waals surface area contributed by atoms with E-state index in [1.807, 2.05) is 13.1 Å². The molecule has 0 aromatic carbocycles. The maximum Gasteiger partial charge on any atom is 0.320 e.